The second-order valence-electron chi connectivity index (χ2n) is 3.21. The maximum atomic E-state index is 13.1. The fraction of sp³-hybridized carbons (Fsp3) is 0.455. The molecule has 1 rings (SSSR count). The third kappa shape index (κ3) is 2.45. The molecule has 0 aromatic heterocycles. The summed E-state index contributed by atoms with van der Waals surface area (Å²) < 4.78 is 18.3. The Morgan fingerprint density at radius 2 is 2.21 bits per heavy atom. The maximum absolute atomic E-state index is 13.1. The molecule has 0 aliphatic carbocycles. The van der Waals surface area contributed by atoms with Gasteiger partial charge in [-0.05, 0) is 24.6 Å². The highest BCUT2D eigenvalue weighted by molar-refractivity contribution is 5.32. The van der Waals surface area contributed by atoms with Crippen molar-refractivity contribution >= 4 is 0 Å². The molecule has 14 heavy (non-hydrogen) atoms. The summed E-state index contributed by atoms with van der Waals surface area (Å²) in [7, 11) is 0. The summed E-state index contributed by atoms with van der Waals surface area (Å²) in [6.45, 7) is 4.18. The van der Waals surface area contributed by atoms with E-state index in [2.05, 4.69) is 0 Å². The Labute approximate surface area is 83.3 Å². The van der Waals surface area contributed by atoms with E-state index < -0.39 is 0 Å². The van der Waals surface area contributed by atoms with Crippen molar-refractivity contribution in [1.82, 2.24) is 0 Å². The number of aliphatic hydroxyl groups is 1. The zero-order chi connectivity index (χ0) is 10.6. The van der Waals surface area contributed by atoms with E-state index >= 15 is 0 Å². The predicted molar refractivity (Wildman–Crippen MR) is 53.1 cm³/mol. The Balaban J connectivity index is 2.93. The lowest BCUT2D eigenvalue weighted by atomic mass is 10.0. The SMILES string of the molecule is CCOc1cc(C(C)CO)ccc1F. The van der Waals surface area contributed by atoms with Crippen LogP contribution in [-0.4, -0.2) is 18.3 Å². The van der Waals surface area contributed by atoms with Crippen LogP contribution in [-0.2, 0) is 0 Å². The van der Waals surface area contributed by atoms with Crippen molar-refractivity contribution in [2.45, 2.75) is 19.8 Å². The van der Waals surface area contributed by atoms with Gasteiger partial charge in [-0.2, -0.15) is 0 Å². The molecule has 0 heterocycles. The number of hydrogen-bond donors (Lipinski definition) is 1. The zero-order valence-electron chi connectivity index (χ0n) is 8.46. The first kappa shape index (κ1) is 11.0. The van der Waals surface area contributed by atoms with Gasteiger partial charge in [-0.25, -0.2) is 4.39 Å². The molecule has 2 nitrogen and oxygen atoms in total. The molecular weight excluding hydrogens is 183 g/mol. The van der Waals surface area contributed by atoms with E-state index in [9.17, 15) is 4.39 Å². The van der Waals surface area contributed by atoms with E-state index in [1.807, 2.05) is 13.8 Å². The maximum Gasteiger partial charge on any atom is 0.165 e. The lowest BCUT2D eigenvalue weighted by Crippen LogP contribution is -2.01. The third-order valence-corrected chi connectivity index (χ3v) is 2.10. The zero-order valence-corrected chi connectivity index (χ0v) is 8.46. The lowest BCUT2D eigenvalue weighted by Gasteiger charge is -2.11. The highest BCUT2D eigenvalue weighted by Gasteiger charge is 2.08. The molecule has 1 aromatic rings. The molecule has 0 radical (unpaired) electrons. The molecule has 1 unspecified atom stereocenters. The van der Waals surface area contributed by atoms with Gasteiger partial charge in [0.15, 0.2) is 11.6 Å². The van der Waals surface area contributed by atoms with Gasteiger partial charge in [0.05, 0.1) is 6.61 Å². The minimum Gasteiger partial charge on any atom is -0.491 e. The molecule has 0 saturated carbocycles. The van der Waals surface area contributed by atoms with Crippen LogP contribution in [0, 0.1) is 5.82 Å². The van der Waals surface area contributed by atoms with Crippen molar-refractivity contribution in [1.29, 1.82) is 0 Å². The monoisotopic (exact) mass is 198 g/mol. The van der Waals surface area contributed by atoms with Crippen LogP contribution in [0.4, 0.5) is 4.39 Å². The number of aliphatic hydroxyl groups excluding tert-OH is 1. The second-order valence-corrected chi connectivity index (χ2v) is 3.21. The van der Waals surface area contributed by atoms with Crippen molar-refractivity contribution in [3.63, 3.8) is 0 Å². The number of benzene rings is 1. The van der Waals surface area contributed by atoms with Crippen LogP contribution >= 0.6 is 0 Å². The van der Waals surface area contributed by atoms with Crippen molar-refractivity contribution in [2.75, 3.05) is 13.2 Å². The van der Waals surface area contributed by atoms with Crippen LogP contribution in [0.5, 0.6) is 5.75 Å². The molecule has 0 bridgehead atoms. The van der Waals surface area contributed by atoms with Crippen LogP contribution in [0.3, 0.4) is 0 Å². The molecule has 0 fully saturated rings. The largest absolute Gasteiger partial charge is 0.491 e. The van der Waals surface area contributed by atoms with Gasteiger partial charge < -0.3 is 9.84 Å². The average Bonchev–Trinajstić information content (AvgIpc) is 2.20. The van der Waals surface area contributed by atoms with Gasteiger partial charge in [0.2, 0.25) is 0 Å². The molecule has 0 aliphatic heterocycles. The Kier molecular flexibility index (Phi) is 3.89. The standard InChI is InChI=1S/C11H15FO2/c1-3-14-11-6-9(8(2)7-13)4-5-10(11)12/h4-6,8,13H,3,7H2,1-2H3. The van der Waals surface area contributed by atoms with Gasteiger partial charge >= 0.3 is 0 Å². The Morgan fingerprint density at radius 3 is 2.79 bits per heavy atom. The molecule has 3 heteroatoms. The quantitative estimate of drug-likeness (QED) is 0.804. The second kappa shape index (κ2) is 4.96. The van der Waals surface area contributed by atoms with Crippen LogP contribution in [0.15, 0.2) is 18.2 Å². The highest BCUT2D eigenvalue weighted by atomic mass is 19.1. The minimum absolute atomic E-state index is 0.00908. The molecule has 1 aromatic carbocycles. The van der Waals surface area contributed by atoms with Gasteiger partial charge in [-0.3, -0.25) is 0 Å². The van der Waals surface area contributed by atoms with Crippen molar-refractivity contribution in [3.8, 4) is 5.75 Å². The minimum atomic E-state index is -0.360. The van der Waals surface area contributed by atoms with Crippen LogP contribution < -0.4 is 4.74 Å². The van der Waals surface area contributed by atoms with Crippen molar-refractivity contribution in [3.05, 3.63) is 29.6 Å². The number of rotatable bonds is 4. The summed E-state index contributed by atoms with van der Waals surface area (Å²) in [5.41, 5.74) is 0.886. The van der Waals surface area contributed by atoms with E-state index in [1.54, 1.807) is 12.1 Å². The smallest absolute Gasteiger partial charge is 0.165 e. The summed E-state index contributed by atoms with van der Waals surface area (Å²) in [4.78, 5) is 0. The molecule has 0 amide bonds. The Bertz CT molecular complexity index is 299. The van der Waals surface area contributed by atoms with Crippen LogP contribution in [0.25, 0.3) is 0 Å². The van der Waals surface area contributed by atoms with E-state index in [1.165, 1.54) is 6.07 Å². The summed E-state index contributed by atoms with van der Waals surface area (Å²) in [6.07, 6.45) is 0. The molecule has 1 atom stereocenters. The summed E-state index contributed by atoms with van der Waals surface area (Å²) in [6, 6.07) is 4.67. The van der Waals surface area contributed by atoms with Crippen molar-refractivity contribution in [2.24, 2.45) is 0 Å². The number of ether oxygens (including phenoxy) is 1. The number of halogens is 1. The van der Waals surface area contributed by atoms with Crippen LogP contribution in [0.2, 0.25) is 0 Å². The lowest BCUT2D eigenvalue weighted by molar-refractivity contribution is 0.272. The van der Waals surface area contributed by atoms with Gasteiger partial charge in [0.1, 0.15) is 0 Å². The van der Waals surface area contributed by atoms with Gasteiger partial charge in [0.25, 0.3) is 0 Å². The summed E-state index contributed by atoms with van der Waals surface area (Å²) >= 11 is 0. The average molecular weight is 198 g/mol. The molecule has 0 saturated heterocycles. The summed E-state index contributed by atoms with van der Waals surface area (Å²) in [5, 5.41) is 8.94. The molecule has 78 valence electrons. The fourth-order valence-corrected chi connectivity index (χ4v) is 1.20. The predicted octanol–water partition coefficient (Wildman–Crippen LogP) is 2.32. The topological polar surface area (TPSA) is 29.5 Å². The van der Waals surface area contributed by atoms with Crippen LogP contribution in [0.1, 0.15) is 25.3 Å². The first-order chi connectivity index (χ1) is 6.69. The highest BCUT2D eigenvalue weighted by Crippen LogP contribution is 2.23. The first-order valence-corrected chi connectivity index (χ1v) is 4.72. The Hall–Kier alpha value is -1.09. The summed E-state index contributed by atoms with van der Waals surface area (Å²) in [5.74, 6) is -0.0964. The van der Waals surface area contributed by atoms with Gasteiger partial charge in [0, 0.05) is 12.5 Å². The third-order valence-electron chi connectivity index (χ3n) is 2.10. The first-order valence-electron chi connectivity index (χ1n) is 4.72. The van der Waals surface area contributed by atoms with Gasteiger partial charge in [-0.1, -0.05) is 13.0 Å². The molecular formula is C11H15FO2. The molecule has 0 aliphatic rings. The molecule has 1 N–H and O–H groups in total. The van der Waals surface area contributed by atoms with Crippen molar-refractivity contribution < 1.29 is 14.2 Å². The molecule has 0 spiro atoms. The van der Waals surface area contributed by atoms with E-state index in [0.29, 0.717) is 6.61 Å². The fourth-order valence-electron chi connectivity index (χ4n) is 1.20. The van der Waals surface area contributed by atoms with Gasteiger partial charge in [-0.15, -0.1) is 0 Å². The normalized spacial score (nSPS) is 12.6. The van der Waals surface area contributed by atoms with E-state index in [-0.39, 0.29) is 24.1 Å². The number of hydrogen-bond acceptors (Lipinski definition) is 2. The van der Waals surface area contributed by atoms with E-state index in [0.717, 1.165) is 5.56 Å². The van der Waals surface area contributed by atoms with E-state index in [4.69, 9.17) is 9.84 Å². The Morgan fingerprint density at radius 1 is 1.50 bits per heavy atom.